The molecule has 0 aromatic heterocycles. The Morgan fingerprint density at radius 1 is 1.11 bits per heavy atom. The van der Waals surface area contributed by atoms with Gasteiger partial charge >= 0.3 is 0 Å². The first kappa shape index (κ1) is 15.2. The monoisotopic (exact) mass is 252 g/mol. The Kier molecular flexibility index (Phi) is 6.94. The maximum absolute atomic E-state index is 9.89. The molecular weight excluding hydrogens is 228 g/mol. The molecule has 0 fully saturated rings. The molecule has 3 atom stereocenters. The van der Waals surface area contributed by atoms with Crippen LogP contribution in [0.2, 0.25) is 0 Å². The SMILES string of the molecule is C[C@H](CO)[C@@H](O)[C@H](C)CCOCc1ccccc1. The van der Waals surface area contributed by atoms with Crippen LogP contribution >= 0.6 is 0 Å². The molecule has 0 saturated heterocycles. The Bertz CT molecular complexity index is 313. The van der Waals surface area contributed by atoms with E-state index in [0.29, 0.717) is 13.2 Å². The number of hydrogen-bond acceptors (Lipinski definition) is 3. The van der Waals surface area contributed by atoms with Crippen LogP contribution in [0, 0.1) is 11.8 Å². The number of aliphatic hydroxyl groups is 2. The molecule has 0 amide bonds. The zero-order chi connectivity index (χ0) is 13.4. The van der Waals surface area contributed by atoms with Crippen LogP contribution in [-0.4, -0.2) is 29.5 Å². The molecule has 0 heterocycles. The minimum atomic E-state index is -0.463. The average molecular weight is 252 g/mol. The maximum atomic E-state index is 9.89. The molecule has 1 aromatic rings. The van der Waals surface area contributed by atoms with Crippen LogP contribution in [-0.2, 0) is 11.3 Å². The average Bonchev–Trinajstić information content (AvgIpc) is 2.42. The van der Waals surface area contributed by atoms with Crippen molar-refractivity contribution in [1.82, 2.24) is 0 Å². The first-order valence-electron chi connectivity index (χ1n) is 6.55. The highest BCUT2D eigenvalue weighted by Crippen LogP contribution is 2.16. The van der Waals surface area contributed by atoms with Gasteiger partial charge in [0, 0.05) is 19.1 Å². The van der Waals surface area contributed by atoms with Crippen LogP contribution in [0.5, 0.6) is 0 Å². The summed E-state index contributed by atoms with van der Waals surface area (Å²) in [5.74, 6) is 0.0667. The van der Waals surface area contributed by atoms with E-state index < -0.39 is 6.10 Å². The molecule has 0 saturated carbocycles. The minimum absolute atomic E-state index is 0.0242. The van der Waals surface area contributed by atoms with Gasteiger partial charge in [0.15, 0.2) is 0 Å². The van der Waals surface area contributed by atoms with E-state index in [2.05, 4.69) is 0 Å². The van der Waals surface area contributed by atoms with Gasteiger partial charge in [-0.15, -0.1) is 0 Å². The van der Waals surface area contributed by atoms with Gasteiger partial charge in [-0.2, -0.15) is 0 Å². The fourth-order valence-corrected chi connectivity index (χ4v) is 1.87. The van der Waals surface area contributed by atoms with Crippen LogP contribution in [0.15, 0.2) is 30.3 Å². The molecular formula is C15H24O3. The summed E-state index contributed by atoms with van der Waals surface area (Å²) in [6.45, 7) is 5.11. The van der Waals surface area contributed by atoms with E-state index in [1.807, 2.05) is 44.2 Å². The van der Waals surface area contributed by atoms with E-state index in [4.69, 9.17) is 9.84 Å². The second kappa shape index (κ2) is 8.25. The fourth-order valence-electron chi connectivity index (χ4n) is 1.87. The van der Waals surface area contributed by atoms with E-state index >= 15 is 0 Å². The van der Waals surface area contributed by atoms with Crippen LogP contribution in [0.25, 0.3) is 0 Å². The van der Waals surface area contributed by atoms with Gasteiger partial charge in [-0.25, -0.2) is 0 Å². The van der Waals surface area contributed by atoms with Gasteiger partial charge in [-0.1, -0.05) is 44.2 Å². The van der Waals surface area contributed by atoms with E-state index in [1.165, 1.54) is 0 Å². The molecule has 0 aliphatic rings. The normalized spacial score (nSPS) is 16.2. The Morgan fingerprint density at radius 3 is 2.39 bits per heavy atom. The van der Waals surface area contributed by atoms with Crippen molar-refractivity contribution in [2.45, 2.75) is 33.0 Å². The summed E-state index contributed by atoms with van der Waals surface area (Å²) < 4.78 is 5.58. The third kappa shape index (κ3) is 5.17. The first-order valence-corrected chi connectivity index (χ1v) is 6.55. The summed E-state index contributed by atoms with van der Waals surface area (Å²) >= 11 is 0. The van der Waals surface area contributed by atoms with Gasteiger partial charge in [-0.05, 0) is 17.9 Å². The molecule has 1 rings (SSSR count). The lowest BCUT2D eigenvalue weighted by atomic mass is 9.92. The van der Waals surface area contributed by atoms with Crippen molar-refractivity contribution in [2.75, 3.05) is 13.2 Å². The number of aliphatic hydroxyl groups excluding tert-OH is 2. The third-order valence-electron chi connectivity index (χ3n) is 3.28. The lowest BCUT2D eigenvalue weighted by Gasteiger charge is -2.23. The smallest absolute Gasteiger partial charge is 0.0716 e. The standard InChI is InChI=1S/C15H24O3/c1-12(15(17)13(2)10-16)8-9-18-11-14-6-4-3-5-7-14/h3-7,12-13,15-17H,8-11H2,1-2H3/t12-,13-,15+/m1/s1. The number of hydrogen-bond donors (Lipinski definition) is 2. The van der Waals surface area contributed by atoms with E-state index in [1.54, 1.807) is 0 Å². The summed E-state index contributed by atoms with van der Waals surface area (Å²) in [6.07, 6.45) is 0.341. The van der Waals surface area contributed by atoms with Gasteiger partial charge in [0.2, 0.25) is 0 Å². The summed E-state index contributed by atoms with van der Waals surface area (Å²) in [4.78, 5) is 0. The molecule has 2 N–H and O–H groups in total. The highest BCUT2D eigenvalue weighted by atomic mass is 16.5. The number of ether oxygens (including phenoxy) is 1. The first-order chi connectivity index (χ1) is 8.65. The van der Waals surface area contributed by atoms with Crippen molar-refractivity contribution in [3.63, 3.8) is 0 Å². The molecule has 0 bridgehead atoms. The Morgan fingerprint density at radius 2 is 1.78 bits per heavy atom. The van der Waals surface area contributed by atoms with Gasteiger partial charge in [0.05, 0.1) is 12.7 Å². The van der Waals surface area contributed by atoms with Gasteiger partial charge in [-0.3, -0.25) is 0 Å². The molecule has 0 unspecified atom stereocenters. The van der Waals surface area contributed by atoms with Crippen LogP contribution in [0.4, 0.5) is 0 Å². The van der Waals surface area contributed by atoms with Crippen molar-refractivity contribution >= 4 is 0 Å². The van der Waals surface area contributed by atoms with Gasteiger partial charge < -0.3 is 14.9 Å². The summed E-state index contributed by atoms with van der Waals surface area (Å²) in [5, 5.41) is 18.9. The van der Waals surface area contributed by atoms with E-state index in [9.17, 15) is 5.11 Å². The lowest BCUT2D eigenvalue weighted by Crippen LogP contribution is -2.28. The maximum Gasteiger partial charge on any atom is 0.0716 e. The Hall–Kier alpha value is -0.900. The molecule has 3 heteroatoms. The molecule has 3 nitrogen and oxygen atoms in total. The molecule has 0 radical (unpaired) electrons. The van der Waals surface area contributed by atoms with Gasteiger partial charge in [0.25, 0.3) is 0 Å². The molecule has 0 spiro atoms. The summed E-state index contributed by atoms with van der Waals surface area (Å²) in [5.41, 5.74) is 1.16. The number of rotatable bonds is 8. The predicted molar refractivity (Wildman–Crippen MR) is 72.1 cm³/mol. The molecule has 0 aliphatic carbocycles. The number of benzene rings is 1. The van der Waals surface area contributed by atoms with Crippen LogP contribution in [0.3, 0.4) is 0 Å². The summed E-state index contributed by atoms with van der Waals surface area (Å²) in [6, 6.07) is 10.0. The predicted octanol–water partition coefficient (Wildman–Crippen LogP) is 2.22. The topological polar surface area (TPSA) is 49.7 Å². The highest BCUT2D eigenvalue weighted by molar-refractivity contribution is 5.13. The van der Waals surface area contributed by atoms with Crippen molar-refractivity contribution in [3.05, 3.63) is 35.9 Å². The minimum Gasteiger partial charge on any atom is -0.396 e. The largest absolute Gasteiger partial charge is 0.396 e. The van der Waals surface area contributed by atoms with Crippen molar-refractivity contribution in [2.24, 2.45) is 11.8 Å². The second-order valence-electron chi connectivity index (χ2n) is 4.95. The van der Waals surface area contributed by atoms with Crippen molar-refractivity contribution < 1.29 is 14.9 Å². The second-order valence-corrected chi connectivity index (χ2v) is 4.95. The zero-order valence-corrected chi connectivity index (χ0v) is 11.2. The molecule has 1 aromatic carbocycles. The van der Waals surface area contributed by atoms with E-state index in [0.717, 1.165) is 12.0 Å². The van der Waals surface area contributed by atoms with Crippen LogP contribution < -0.4 is 0 Å². The molecule has 102 valence electrons. The van der Waals surface area contributed by atoms with E-state index in [-0.39, 0.29) is 18.4 Å². The molecule has 0 aliphatic heterocycles. The summed E-state index contributed by atoms with van der Waals surface area (Å²) in [7, 11) is 0. The van der Waals surface area contributed by atoms with Crippen molar-refractivity contribution in [3.8, 4) is 0 Å². The lowest BCUT2D eigenvalue weighted by molar-refractivity contribution is 0.0182. The third-order valence-corrected chi connectivity index (χ3v) is 3.28. The van der Waals surface area contributed by atoms with Gasteiger partial charge in [0.1, 0.15) is 0 Å². The zero-order valence-electron chi connectivity index (χ0n) is 11.2. The Balaban J connectivity index is 2.18. The Labute approximate surface area is 109 Å². The highest BCUT2D eigenvalue weighted by Gasteiger charge is 2.20. The quantitative estimate of drug-likeness (QED) is 0.697. The molecule has 18 heavy (non-hydrogen) atoms. The van der Waals surface area contributed by atoms with Crippen molar-refractivity contribution in [1.29, 1.82) is 0 Å². The van der Waals surface area contributed by atoms with Crippen LogP contribution in [0.1, 0.15) is 25.8 Å². The fraction of sp³-hybridized carbons (Fsp3) is 0.600.